The lowest BCUT2D eigenvalue weighted by Crippen LogP contribution is -2.54. The molecule has 3 aromatic rings. The van der Waals surface area contributed by atoms with E-state index in [0.717, 1.165) is 28.8 Å². The Balaban J connectivity index is 1.81. The van der Waals surface area contributed by atoms with Crippen molar-refractivity contribution >= 4 is 40.6 Å². The summed E-state index contributed by atoms with van der Waals surface area (Å²) < 4.78 is 0. The number of ketones is 1. The SMILES string of the molecule is Cc1ccccc1C(=O)C1C(c2ccc(Cl)cc2)N(C(=O)C2CC2)C(C)(C(=O)O)C1c1sccc1C. The van der Waals surface area contributed by atoms with Crippen molar-refractivity contribution in [1.29, 1.82) is 0 Å². The Bertz CT molecular complexity index is 1350. The summed E-state index contributed by atoms with van der Waals surface area (Å²) in [7, 11) is 0. The van der Waals surface area contributed by atoms with Gasteiger partial charge in [0.15, 0.2) is 5.78 Å². The Hall–Kier alpha value is -2.96. The summed E-state index contributed by atoms with van der Waals surface area (Å²) in [5.41, 5.74) is 1.40. The van der Waals surface area contributed by atoms with E-state index in [1.54, 1.807) is 25.1 Å². The van der Waals surface area contributed by atoms with Crippen molar-refractivity contribution < 1.29 is 19.5 Å². The van der Waals surface area contributed by atoms with Gasteiger partial charge in [-0.15, -0.1) is 11.3 Å². The lowest BCUT2D eigenvalue weighted by atomic mass is 9.73. The topological polar surface area (TPSA) is 74.7 Å². The van der Waals surface area contributed by atoms with Gasteiger partial charge in [0, 0.05) is 27.3 Å². The van der Waals surface area contributed by atoms with E-state index < -0.39 is 29.4 Å². The van der Waals surface area contributed by atoms with Crippen LogP contribution < -0.4 is 0 Å². The van der Waals surface area contributed by atoms with E-state index in [-0.39, 0.29) is 17.6 Å². The highest BCUT2D eigenvalue weighted by molar-refractivity contribution is 7.10. The van der Waals surface area contributed by atoms with Crippen LogP contribution in [0.5, 0.6) is 0 Å². The average molecular weight is 522 g/mol. The number of carboxylic acids is 1. The van der Waals surface area contributed by atoms with Crippen molar-refractivity contribution in [3.8, 4) is 0 Å². The van der Waals surface area contributed by atoms with Crippen LogP contribution in [0.4, 0.5) is 0 Å². The molecule has 1 N–H and O–H groups in total. The summed E-state index contributed by atoms with van der Waals surface area (Å²) in [6, 6.07) is 15.7. The number of benzene rings is 2. The number of nitrogens with zero attached hydrogens (tertiary/aromatic N) is 1. The van der Waals surface area contributed by atoms with E-state index >= 15 is 0 Å². The van der Waals surface area contributed by atoms with Gasteiger partial charge in [-0.1, -0.05) is 48.0 Å². The van der Waals surface area contributed by atoms with Gasteiger partial charge in [-0.3, -0.25) is 9.59 Å². The fourth-order valence-corrected chi connectivity index (χ4v) is 7.04. The van der Waals surface area contributed by atoms with Gasteiger partial charge in [-0.25, -0.2) is 4.79 Å². The number of aliphatic carboxylic acids is 1. The molecule has 1 saturated carbocycles. The molecule has 4 unspecified atom stereocenters. The third kappa shape index (κ3) is 3.87. The van der Waals surface area contributed by atoms with E-state index in [1.807, 2.05) is 55.6 Å². The van der Waals surface area contributed by atoms with Crippen molar-refractivity contribution in [2.45, 2.75) is 51.1 Å². The van der Waals surface area contributed by atoms with Gasteiger partial charge >= 0.3 is 5.97 Å². The smallest absolute Gasteiger partial charge is 0.330 e. The molecule has 5 nitrogen and oxygen atoms in total. The minimum Gasteiger partial charge on any atom is -0.479 e. The predicted octanol–water partition coefficient (Wildman–Crippen LogP) is 6.44. The average Bonchev–Trinajstić information content (AvgIpc) is 3.56. The van der Waals surface area contributed by atoms with E-state index in [2.05, 4.69) is 0 Å². The van der Waals surface area contributed by atoms with Crippen LogP contribution >= 0.6 is 22.9 Å². The summed E-state index contributed by atoms with van der Waals surface area (Å²) in [5.74, 6) is -3.16. The number of hydrogen-bond donors (Lipinski definition) is 1. The summed E-state index contributed by atoms with van der Waals surface area (Å²) >= 11 is 7.64. The maximum absolute atomic E-state index is 14.4. The molecular weight excluding hydrogens is 494 g/mol. The normalized spacial score (nSPS) is 25.7. The molecule has 2 heterocycles. The molecule has 1 aliphatic heterocycles. The molecule has 1 aromatic heterocycles. The molecule has 0 bridgehead atoms. The third-order valence-corrected chi connectivity index (χ3v) is 9.14. The molecular formula is C29H28ClNO4S. The first-order valence-electron chi connectivity index (χ1n) is 12.1. The summed E-state index contributed by atoms with van der Waals surface area (Å²) in [5, 5.41) is 13.2. The number of Topliss-reactive ketones (excluding diaryl/α,β-unsaturated/α-hetero) is 1. The number of amides is 1. The summed E-state index contributed by atoms with van der Waals surface area (Å²) in [4.78, 5) is 43.9. The van der Waals surface area contributed by atoms with E-state index in [0.29, 0.717) is 16.1 Å². The van der Waals surface area contributed by atoms with Crippen LogP contribution in [0.15, 0.2) is 60.0 Å². The molecule has 4 atom stereocenters. The van der Waals surface area contributed by atoms with Crippen molar-refractivity contribution in [2.24, 2.45) is 11.8 Å². The Morgan fingerprint density at radius 2 is 1.67 bits per heavy atom. The van der Waals surface area contributed by atoms with Crippen LogP contribution in [0.2, 0.25) is 5.02 Å². The molecule has 2 aliphatic rings. The molecule has 5 rings (SSSR count). The molecule has 7 heteroatoms. The number of thiophene rings is 1. The highest BCUT2D eigenvalue weighted by atomic mass is 35.5. The van der Waals surface area contributed by atoms with E-state index in [1.165, 1.54) is 16.2 Å². The van der Waals surface area contributed by atoms with Crippen LogP contribution in [0.3, 0.4) is 0 Å². The molecule has 1 aliphatic carbocycles. The maximum atomic E-state index is 14.4. The second-order valence-electron chi connectivity index (χ2n) is 10.1. The fourth-order valence-electron chi connectivity index (χ4n) is 5.72. The van der Waals surface area contributed by atoms with E-state index in [4.69, 9.17) is 11.6 Å². The maximum Gasteiger partial charge on any atom is 0.330 e. The van der Waals surface area contributed by atoms with Gasteiger partial charge < -0.3 is 10.0 Å². The van der Waals surface area contributed by atoms with Crippen molar-refractivity contribution in [3.05, 3.63) is 92.1 Å². The lowest BCUT2D eigenvalue weighted by molar-refractivity contribution is -0.158. The summed E-state index contributed by atoms with van der Waals surface area (Å²) in [6.07, 6.45) is 1.47. The highest BCUT2D eigenvalue weighted by Crippen LogP contribution is 2.59. The summed E-state index contributed by atoms with van der Waals surface area (Å²) in [6.45, 7) is 5.44. The molecule has 1 amide bonds. The fraction of sp³-hybridized carbons (Fsp3) is 0.345. The van der Waals surface area contributed by atoms with Crippen molar-refractivity contribution in [3.63, 3.8) is 0 Å². The van der Waals surface area contributed by atoms with Gasteiger partial charge in [0.1, 0.15) is 5.54 Å². The highest BCUT2D eigenvalue weighted by Gasteiger charge is 2.66. The number of carbonyl (C=O) groups is 3. The first-order valence-corrected chi connectivity index (χ1v) is 13.4. The second kappa shape index (κ2) is 9.16. The van der Waals surface area contributed by atoms with Gasteiger partial charge in [-0.05, 0) is 73.9 Å². The molecule has 2 fully saturated rings. The Kier molecular flexibility index (Phi) is 6.29. The largest absolute Gasteiger partial charge is 0.479 e. The van der Waals surface area contributed by atoms with Crippen LogP contribution in [0.25, 0.3) is 0 Å². The van der Waals surface area contributed by atoms with Gasteiger partial charge in [0.05, 0.1) is 12.0 Å². The van der Waals surface area contributed by atoms with Crippen LogP contribution in [0, 0.1) is 25.7 Å². The van der Waals surface area contributed by atoms with Gasteiger partial charge in [0.2, 0.25) is 5.91 Å². The number of likely N-dealkylation sites (tertiary alicyclic amines) is 1. The van der Waals surface area contributed by atoms with Crippen LogP contribution in [0.1, 0.15) is 63.7 Å². The molecule has 1 saturated heterocycles. The molecule has 2 aromatic carbocycles. The number of halogens is 1. The van der Waals surface area contributed by atoms with Crippen LogP contribution in [-0.2, 0) is 9.59 Å². The first kappa shape index (κ1) is 24.7. The quantitative estimate of drug-likeness (QED) is 0.379. The molecule has 36 heavy (non-hydrogen) atoms. The predicted molar refractivity (Wildman–Crippen MR) is 141 cm³/mol. The first-order chi connectivity index (χ1) is 17.2. The van der Waals surface area contributed by atoms with Crippen LogP contribution in [-0.4, -0.2) is 33.2 Å². The minimum absolute atomic E-state index is 0.149. The number of carboxylic acid groups (broad SMARTS) is 1. The van der Waals surface area contributed by atoms with E-state index in [9.17, 15) is 19.5 Å². The zero-order chi connectivity index (χ0) is 25.8. The monoisotopic (exact) mass is 521 g/mol. The minimum atomic E-state index is -1.61. The van der Waals surface area contributed by atoms with Crippen molar-refractivity contribution in [2.75, 3.05) is 0 Å². The Morgan fingerprint density at radius 3 is 2.22 bits per heavy atom. The zero-order valence-electron chi connectivity index (χ0n) is 20.4. The number of hydrogen-bond acceptors (Lipinski definition) is 4. The van der Waals surface area contributed by atoms with Gasteiger partial charge in [0.25, 0.3) is 0 Å². The number of aryl methyl sites for hydroxylation is 2. The van der Waals surface area contributed by atoms with Crippen molar-refractivity contribution in [1.82, 2.24) is 4.90 Å². The Labute approximate surface area is 219 Å². The standard InChI is InChI=1S/C29H28ClNO4S/c1-16-6-4-5-7-21(16)25(32)22-23(26-17(2)14-15-36-26)29(3,28(34)35)31(27(33)19-8-9-19)24(22)18-10-12-20(30)13-11-18/h4-7,10-15,19,22-24H,8-9H2,1-3H3,(H,34,35). The van der Waals surface area contributed by atoms with Gasteiger partial charge in [-0.2, -0.15) is 0 Å². The number of carbonyl (C=O) groups excluding carboxylic acids is 2. The second-order valence-corrected chi connectivity index (χ2v) is 11.5. The Morgan fingerprint density at radius 1 is 1.00 bits per heavy atom. The molecule has 186 valence electrons. The molecule has 0 spiro atoms. The number of rotatable bonds is 6. The zero-order valence-corrected chi connectivity index (χ0v) is 22.0. The molecule has 0 radical (unpaired) electrons. The third-order valence-electron chi connectivity index (χ3n) is 7.79. The lowest BCUT2D eigenvalue weighted by Gasteiger charge is -2.38.